The normalized spacial score (nSPS) is 12.0. The Morgan fingerprint density at radius 1 is 1.19 bits per heavy atom. The Hall–Kier alpha value is -2.37. The van der Waals surface area contributed by atoms with Crippen molar-refractivity contribution in [3.05, 3.63) is 87.7 Å². The molecular formula is C19H16Cl2FN3O. The van der Waals surface area contributed by atoms with Gasteiger partial charge in [0.05, 0.1) is 16.5 Å². The number of hydrogen-bond acceptors (Lipinski definition) is 2. The van der Waals surface area contributed by atoms with Crippen LogP contribution in [0.5, 0.6) is 0 Å². The summed E-state index contributed by atoms with van der Waals surface area (Å²) in [5, 5.41) is 3.79. The van der Waals surface area contributed by atoms with Crippen LogP contribution >= 0.6 is 23.2 Å². The van der Waals surface area contributed by atoms with Gasteiger partial charge in [-0.2, -0.15) is 0 Å². The molecule has 26 heavy (non-hydrogen) atoms. The summed E-state index contributed by atoms with van der Waals surface area (Å²) in [6.45, 7) is 0. The van der Waals surface area contributed by atoms with Crippen molar-refractivity contribution >= 4 is 29.1 Å². The topological polar surface area (TPSA) is 46.9 Å². The first kappa shape index (κ1) is 18.4. The van der Waals surface area contributed by atoms with E-state index in [9.17, 15) is 9.18 Å². The van der Waals surface area contributed by atoms with Gasteiger partial charge in [0.1, 0.15) is 17.7 Å². The molecule has 7 heteroatoms. The molecule has 1 amide bonds. The third kappa shape index (κ3) is 4.23. The lowest BCUT2D eigenvalue weighted by atomic mass is 10.0. The zero-order valence-electron chi connectivity index (χ0n) is 13.9. The molecule has 0 spiro atoms. The van der Waals surface area contributed by atoms with E-state index in [1.54, 1.807) is 42.7 Å². The second kappa shape index (κ2) is 7.89. The van der Waals surface area contributed by atoms with Gasteiger partial charge in [-0.05, 0) is 35.4 Å². The van der Waals surface area contributed by atoms with Gasteiger partial charge in [-0.25, -0.2) is 9.37 Å². The molecule has 4 nitrogen and oxygen atoms in total. The van der Waals surface area contributed by atoms with Crippen LogP contribution in [0.15, 0.2) is 54.9 Å². The Bertz CT molecular complexity index is 925. The molecule has 0 fully saturated rings. The monoisotopic (exact) mass is 391 g/mol. The molecule has 3 aromatic rings. The molecule has 0 aliphatic rings. The van der Waals surface area contributed by atoms with Crippen molar-refractivity contribution in [2.75, 3.05) is 0 Å². The molecule has 0 bridgehead atoms. The van der Waals surface area contributed by atoms with Crippen molar-refractivity contribution in [1.29, 1.82) is 0 Å². The number of aromatic nitrogens is 2. The van der Waals surface area contributed by atoms with Gasteiger partial charge in [-0.15, -0.1) is 0 Å². The second-order valence-electron chi connectivity index (χ2n) is 5.87. The Kier molecular flexibility index (Phi) is 5.59. The first-order valence-corrected chi connectivity index (χ1v) is 8.65. The lowest BCUT2D eigenvalue weighted by Gasteiger charge is -2.19. The van der Waals surface area contributed by atoms with Crippen LogP contribution in [0.2, 0.25) is 10.0 Å². The van der Waals surface area contributed by atoms with Gasteiger partial charge >= 0.3 is 0 Å². The van der Waals surface area contributed by atoms with Crippen LogP contribution in [-0.2, 0) is 18.3 Å². The van der Waals surface area contributed by atoms with Crippen LogP contribution in [0.25, 0.3) is 0 Å². The molecule has 1 heterocycles. The third-order valence-corrected chi connectivity index (χ3v) is 4.71. The number of benzene rings is 2. The van der Waals surface area contributed by atoms with Crippen molar-refractivity contribution in [3.8, 4) is 0 Å². The number of aryl methyl sites for hydroxylation is 1. The molecule has 0 saturated carbocycles. The number of imidazole rings is 1. The minimum atomic E-state index is -0.495. The molecule has 1 unspecified atom stereocenters. The maximum Gasteiger partial charge on any atom is 0.225 e. The van der Waals surface area contributed by atoms with Crippen LogP contribution in [0.3, 0.4) is 0 Å². The fourth-order valence-electron chi connectivity index (χ4n) is 2.65. The van der Waals surface area contributed by atoms with Crippen LogP contribution in [0.1, 0.15) is 23.0 Å². The fourth-order valence-corrected chi connectivity index (χ4v) is 2.98. The molecule has 3 rings (SSSR count). The highest BCUT2D eigenvalue weighted by atomic mass is 35.5. The summed E-state index contributed by atoms with van der Waals surface area (Å²) in [6.07, 6.45) is 3.58. The standard InChI is InChI=1S/C19H16Cl2FN3O/c1-25-9-8-23-19(25)18(13-3-5-14(22)6-4-13)24-17(26)11-12-2-7-15(20)16(21)10-12/h2-10,18H,11H2,1H3,(H,24,26). The van der Waals surface area contributed by atoms with E-state index >= 15 is 0 Å². The van der Waals surface area contributed by atoms with Crippen molar-refractivity contribution in [1.82, 2.24) is 14.9 Å². The molecule has 0 aliphatic carbocycles. The summed E-state index contributed by atoms with van der Waals surface area (Å²) in [6, 6.07) is 10.6. The quantitative estimate of drug-likeness (QED) is 0.703. The average molecular weight is 392 g/mol. The fraction of sp³-hybridized carbons (Fsp3) is 0.158. The SMILES string of the molecule is Cn1ccnc1C(NC(=O)Cc1ccc(Cl)c(Cl)c1)c1ccc(F)cc1. The molecule has 134 valence electrons. The number of nitrogens with one attached hydrogen (secondary N) is 1. The van der Waals surface area contributed by atoms with E-state index in [0.29, 0.717) is 15.9 Å². The zero-order valence-corrected chi connectivity index (χ0v) is 15.4. The average Bonchev–Trinajstić information content (AvgIpc) is 3.03. The van der Waals surface area contributed by atoms with Crippen LogP contribution in [0.4, 0.5) is 4.39 Å². The lowest BCUT2D eigenvalue weighted by molar-refractivity contribution is -0.121. The van der Waals surface area contributed by atoms with Gasteiger partial charge in [0.15, 0.2) is 0 Å². The smallest absolute Gasteiger partial charge is 0.225 e. The lowest BCUT2D eigenvalue weighted by Crippen LogP contribution is -2.32. The molecule has 1 aromatic heterocycles. The Morgan fingerprint density at radius 3 is 2.54 bits per heavy atom. The molecule has 1 atom stereocenters. The van der Waals surface area contributed by atoms with Gasteiger partial charge in [0.25, 0.3) is 0 Å². The van der Waals surface area contributed by atoms with Gasteiger partial charge < -0.3 is 9.88 Å². The van der Waals surface area contributed by atoms with E-state index < -0.39 is 6.04 Å². The highest BCUT2D eigenvalue weighted by Gasteiger charge is 2.21. The van der Waals surface area contributed by atoms with Crippen molar-refractivity contribution in [3.63, 3.8) is 0 Å². The van der Waals surface area contributed by atoms with Gasteiger partial charge in [-0.1, -0.05) is 41.4 Å². The van der Waals surface area contributed by atoms with E-state index in [1.807, 2.05) is 11.6 Å². The number of carbonyl (C=O) groups is 1. The number of halogens is 3. The molecule has 0 radical (unpaired) electrons. The van der Waals surface area contributed by atoms with E-state index in [0.717, 1.165) is 11.1 Å². The Balaban J connectivity index is 1.83. The molecule has 2 aromatic carbocycles. The maximum absolute atomic E-state index is 13.3. The van der Waals surface area contributed by atoms with Gasteiger partial charge in [0, 0.05) is 19.4 Å². The summed E-state index contributed by atoms with van der Waals surface area (Å²) in [5.74, 6) is 0.106. The van der Waals surface area contributed by atoms with Crippen molar-refractivity contribution in [2.45, 2.75) is 12.5 Å². The molecular weight excluding hydrogens is 376 g/mol. The summed E-state index contributed by atoms with van der Waals surface area (Å²) >= 11 is 11.9. The Morgan fingerprint density at radius 2 is 1.92 bits per heavy atom. The first-order valence-electron chi connectivity index (χ1n) is 7.90. The predicted octanol–water partition coefficient (Wildman–Crippen LogP) is 4.31. The van der Waals surface area contributed by atoms with E-state index in [2.05, 4.69) is 10.3 Å². The summed E-state index contributed by atoms with van der Waals surface area (Å²) < 4.78 is 15.1. The number of carbonyl (C=O) groups excluding carboxylic acids is 1. The van der Waals surface area contributed by atoms with Crippen LogP contribution in [0, 0.1) is 5.82 Å². The number of nitrogens with zero attached hydrogens (tertiary/aromatic N) is 2. The highest BCUT2D eigenvalue weighted by molar-refractivity contribution is 6.42. The largest absolute Gasteiger partial charge is 0.342 e. The van der Waals surface area contributed by atoms with Crippen LogP contribution < -0.4 is 5.32 Å². The van der Waals surface area contributed by atoms with Crippen LogP contribution in [-0.4, -0.2) is 15.5 Å². The first-order chi connectivity index (χ1) is 12.4. The Labute approximate surface area is 160 Å². The van der Waals surface area contributed by atoms with E-state index in [-0.39, 0.29) is 18.1 Å². The minimum absolute atomic E-state index is 0.138. The summed E-state index contributed by atoms with van der Waals surface area (Å²) in [7, 11) is 1.84. The van der Waals surface area contributed by atoms with Crippen molar-refractivity contribution in [2.24, 2.45) is 7.05 Å². The molecule has 0 saturated heterocycles. The second-order valence-corrected chi connectivity index (χ2v) is 6.69. The molecule has 1 N–H and O–H groups in total. The minimum Gasteiger partial charge on any atom is -0.342 e. The number of amides is 1. The predicted molar refractivity (Wildman–Crippen MR) is 99.8 cm³/mol. The van der Waals surface area contributed by atoms with E-state index in [1.165, 1.54) is 12.1 Å². The van der Waals surface area contributed by atoms with Crippen molar-refractivity contribution < 1.29 is 9.18 Å². The number of hydrogen-bond donors (Lipinski definition) is 1. The molecule has 0 aliphatic heterocycles. The van der Waals surface area contributed by atoms with Gasteiger partial charge in [-0.3, -0.25) is 4.79 Å². The third-order valence-electron chi connectivity index (χ3n) is 3.97. The number of rotatable bonds is 5. The zero-order chi connectivity index (χ0) is 18.7. The highest BCUT2D eigenvalue weighted by Crippen LogP contribution is 2.24. The van der Waals surface area contributed by atoms with Gasteiger partial charge in [0.2, 0.25) is 5.91 Å². The summed E-state index contributed by atoms with van der Waals surface area (Å²) in [5.41, 5.74) is 1.48. The van der Waals surface area contributed by atoms with E-state index in [4.69, 9.17) is 23.2 Å². The summed E-state index contributed by atoms with van der Waals surface area (Å²) in [4.78, 5) is 16.9. The maximum atomic E-state index is 13.3.